The maximum Gasteiger partial charge on any atom is 0.272 e. The van der Waals surface area contributed by atoms with E-state index in [1.54, 1.807) is 12.3 Å². The number of benzene rings is 1. The molecule has 0 unspecified atom stereocenters. The van der Waals surface area contributed by atoms with Gasteiger partial charge in [-0.25, -0.2) is 0 Å². The molecule has 1 aliphatic heterocycles. The summed E-state index contributed by atoms with van der Waals surface area (Å²) in [4.78, 5) is 18.8. The largest absolute Gasteiger partial charge is 0.355 e. The minimum Gasteiger partial charge on any atom is -0.355 e. The number of hydrogen-bond acceptors (Lipinski definition) is 5. The van der Waals surface area contributed by atoms with Gasteiger partial charge in [0.2, 0.25) is 0 Å². The Bertz CT molecular complexity index is 1070. The molecular formula is C24H23N5O. The van der Waals surface area contributed by atoms with Crippen molar-refractivity contribution in [2.24, 2.45) is 0 Å². The van der Waals surface area contributed by atoms with E-state index in [1.807, 2.05) is 24.3 Å². The van der Waals surface area contributed by atoms with Crippen LogP contribution in [0, 0.1) is 0 Å². The second kappa shape index (κ2) is 7.71. The van der Waals surface area contributed by atoms with E-state index < -0.39 is 0 Å². The summed E-state index contributed by atoms with van der Waals surface area (Å²) in [6.07, 6.45) is 8.43. The van der Waals surface area contributed by atoms with Crippen LogP contribution in [0.3, 0.4) is 0 Å². The molecule has 30 heavy (non-hydrogen) atoms. The molecule has 1 spiro atoms. The summed E-state index contributed by atoms with van der Waals surface area (Å²) in [5.41, 5.74) is 4.05. The highest BCUT2D eigenvalue weighted by atomic mass is 16.1. The van der Waals surface area contributed by atoms with Crippen LogP contribution < -0.4 is 10.2 Å². The maximum atomic E-state index is 12.3. The molecule has 3 heterocycles. The Morgan fingerprint density at radius 3 is 2.60 bits per heavy atom. The predicted octanol–water partition coefficient (Wildman–Crippen LogP) is 3.37. The summed E-state index contributed by atoms with van der Waals surface area (Å²) in [5, 5.41) is 11.3. The Labute approximate surface area is 175 Å². The van der Waals surface area contributed by atoms with Crippen molar-refractivity contribution >= 4 is 17.8 Å². The lowest BCUT2D eigenvalue weighted by Crippen LogP contribution is -2.41. The zero-order valence-corrected chi connectivity index (χ0v) is 16.7. The molecule has 1 aliphatic carbocycles. The summed E-state index contributed by atoms with van der Waals surface area (Å²) >= 11 is 0. The highest BCUT2D eigenvalue weighted by Gasteiger charge is 2.38. The molecule has 3 aromatic rings. The van der Waals surface area contributed by atoms with Gasteiger partial charge in [0.25, 0.3) is 5.91 Å². The maximum absolute atomic E-state index is 12.3. The third kappa shape index (κ3) is 3.45. The van der Waals surface area contributed by atoms with E-state index in [4.69, 9.17) is 0 Å². The zero-order valence-electron chi connectivity index (χ0n) is 16.7. The molecule has 0 saturated carbocycles. The third-order valence-corrected chi connectivity index (χ3v) is 6.10. The number of anilines is 1. The quantitative estimate of drug-likeness (QED) is 0.731. The first-order valence-corrected chi connectivity index (χ1v) is 10.3. The molecule has 150 valence electrons. The number of carbonyl (C=O) groups excluding carboxylic acids is 1. The van der Waals surface area contributed by atoms with Gasteiger partial charge in [0.15, 0.2) is 11.5 Å². The number of fused-ring (bicyclic) bond motifs is 2. The number of carbonyl (C=O) groups is 1. The topological polar surface area (TPSA) is 71.0 Å². The lowest BCUT2D eigenvalue weighted by molar-refractivity contribution is 0.0944. The molecule has 1 saturated heterocycles. The monoisotopic (exact) mass is 397 g/mol. The molecule has 1 aromatic carbocycles. The number of hydrogen-bond donors (Lipinski definition) is 1. The molecule has 2 aromatic heterocycles. The Balaban J connectivity index is 1.21. The van der Waals surface area contributed by atoms with Crippen LogP contribution in [-0.2, 0) is 12.0 Å². The molecule has 2 aliphatic rings. The molecule has 0 bridgehead atoms. The van der Waals surface area contributed by atoms with Crippen LogP contribution in [0.15, 0.2) is 66.9 Å². The van der Waals surface area contributed by atoms with Crippen LogP contribution in [0.5, 0.6) is 0 Å². The van der Waals surface area contributed by atoms with Crippen molar-refractivity contribution in [3.8, 4) is 0 Å². The number of allylic oxidation sites excluding steroid dienone is 1. The van der Waals surface area contributed by atoms with Crippen molar-refractivity contribution in [3.63, 3.8) is 0 Å². The third-order valence-electron chi connectivity index (χ3n) is 6.10. The smallest absolute Gasteiger partial charge is 0.272 e. The lowest BCUT2D eigenvalue weighted by atomic mass is 9.74. The second-order valence-electron chi connectivity index (χ2n) is 7.84. The summed E-state index contributed by atoms with van der Waals surface area (Å²) in [7, 11) is 0. The van der Waals surface area contributed by atoms with Crippen LogP contribution in [0.4, 0.5) is 5.82 Å². The first kappa shape index (κ1) is 18.5. The molecule has 1 N–H and O–H groups in total. The minimum atomic E-state index is -0.245. The molecule has 6 nitrogen and oxygen atoms in total. The summed E-state index contributed by atoms with van der Waals surface area (Å²) in [5.74, 6) is 0.575. The number of pyridine rings is 1. The summed E-state index contributed by atoms with van der Waals surface area (Å²) < 4.78 is 0. The standard InChI is InChI=1S/C24H23N5O/c30-23(26-17-19-6-3-4-14-25-19)21-8-9-22(28-27-21)29-15-12-24(13-16-29)11-10-18-5-1-2-7-20(18)24/h1-11,14H,12-13,15-17H2,(H,26,30). The van der Waals surface area contributed by atoms with Gasteiger partial charge in [0.05, 0.1) is 12.2 Å². The van der Waals surface area contributed by atoms with Crippen molar-refractivity contribution in [1.29, 1.82) is 0 Å². The van der Waals surface area contributed by atoms with E-state index in [0.29, 0.717) is 12.2 Å². The highest BCUT2D eigenvalue weighted by molar-refractivity contribution is 5.92. The molecule has 6 heteroatoms. The van der Waals surface area contributed by atoms with Crippen molar-refractivity contribution in [2.45, 2.75) is 24.8 Å². The number of aromatic nitrogens is 3. The van der Waals surface area contributed by atoms with E-state index in [-0.39, 0.29) is 11.3 Å². The van der Waals surface area contributed by atoms with Crippen LogP contribution in [0.25, 0.3) is 6.08 Å². The van der Waals surface area contributed by atoms with Crippen LogP contribution in [-0.4, -0.2) is 34.2 Å². The van der Waals surface area contributed by atoms with Gasteiger partial charge in [-0.3, -0.25) is 9.78 Å². The Kier molecular flexibility index (Phi) is 4.75. The molecule has 5 rings (SSSR count). The molecule has 0 atom stereocenters. The molecule has 1 amide bonds. The fourth-order valence-electron chi connectivity index (χ4n) is 4.38. The van der Waals surface area contributed by atoms with Crippen molar-refractivity contribution in [1.82, 2.24) is 20.5 Å². The van der Waals surface area contributed by atoms with Crippen LogP contribution in [0.2, 0.25) is 0 Å². The van der Waals surface area contributed by atoms with Gasteiger partial charge in [-0.05, 0) is 48.2 Å². The van der Waals surface area contributed by atoms with Gasteiger partial charge in [0.1, 0.15) is 0 Å². The number of amides is 1. The molecule has 1 fully saturated rings. The lowest BCUT2D eigenvalue weighted by Gasteiger charge is -2.39. The minimum absolute atomic E-state index is 0.145. The Morgan fingerprint density at radius 1 is 1.00 bits per heavy atom. The highest BCUT2D eigenvalue weighted by Crippen LogP contribution is 2.43. The van der Waals surface area contributed by atoms with Crippen LogP contribution in [0.1, 0.15) is 40.2 Å². The van der Waals surface area contributed by atoms with E-state index in [1.165, 1.54) is 11.1 Å². The average molecular weight is 397 g/mol. The fraction of sp³-hybridized carbons (Fsp3) is 0.250. The van der Waals surface area contributed by atoms with E-state index in [9.17, 15) is 4.79 Å². The average Bonchev–Trinajstić information content (AvgIpc) is 3.17. The van der Waals surface area contributed by atoms with Crippen molar-refractivity contribution in [2.75, 3.05) is 18.0 Å². The number of piperidine rings is 1. The zero-order chi connectivity index (χ0) is 20.4. The Hall–Kier alpha value is -3.54. The van der Waals surface area contributed by atoms with Crippen molar-refractivity contribution < 1.29 is 4.79 Å². The number of rotatable bonds is 4. The SMILES string of the molecule is O=C(NCc1ccccn1)c1ccc(N2CCC3(C=Cc4ccccc43)CC2)nn1. The van der Waals surface area contributed by atoms with Crippen molar-refractivity contribution in [3.05, 3.63) is 89.4 Å². The van der Waals surface area contributed by atoms with Gasteiger partial charge in [0, 0.05) is 24.7 Å². The molecular weight excluding hydrogens is 374 g/mol. The van der Waals surface area contributed by atoms with E-state index in [0.717, 1.165) is 37.4 Å². The summed E-state index contributed by atoms with van der Waals surface area (Å²) in [6, 6.07) is 17.9. The molecule has 0 radical (unpaired) electrons. The predicted molar refractivity (Wildman–Crippen MR) is 116 cm³/mol. The number of nitrogens with one attached hydrogen (secondary N) is 1. The fourth-order valence-corrected chi connectivity index (χ4v) is 4.38. The first-order valence-electron chi connectivity index (χ1n) is 10.3. The second-order valence-corrected chi connectivity index (χ2v) is 7.84. The normalized spacial score (nSPS) is 16.5. The van der Waals surface area contributed by atoms with Gasteiger partial charge < -0.3 is 10.2 Å². The number of nitrogens with zero attached hydrogens (tertiary/aromatic N) is 4. The van der Waals surface area contributed by atoms with Gasteiger partial charge >= 0.3 is 0 Å². The van der Waals surface area contributed by atoms with Gasteiger partial charge in [-0.1, -0.05) is 42.5 Å². The van der Waals surface area contributed by atoms with Gasteiger partial charge in [-0.2, -0.15) is 0 Å². The van der Waals surface area contributed by atoms with E-state index in [2.05, 4.69) is 61.8 Å². The summed E-state index contributed by atoms with van der Waals surface area (Å²) in [6.45, 7) is 2.20. The first-order chi connectivity index (χ1) is 14.7. The Morgan fingerprint density at radius 2 is 1.83 bits per heavy atom. The van der Waals surface area contributed by atoms with E-state index >= 15 is 0 Å². The van der Waals surface area contributed by atoms with Gasteiger partial charge in [-0.15, -0.1) is 10.2 Å². The van der Waals surface area contributed by atoms with Crippen LogP contribution >= 0.6 is 0 Å².